The van der Waals surface area contributed by atoms with Crippen LogP contribution in [0.2, 0.25) is 0 Å². The number of carbonyl (C=O) groups excluding carboxylic acids is 2. The quantitative estimate of drug-likeness (QED) is 0.789. The first-order valence-electron chi connectivity index (χ1n) is 10.2. The van der Waals surface area contributed by atoms with E-state index in [2.05, 4.69) is 16.7 Å². The summed E-state index contributed by atoms with van der Waals surface area (Å²) in [6.45, 7) is 2.83. The largest absolute Gasteiger partial charge is 0.351 e. The van der Waals surface area contributed by atoms with Crippen molar-refractivity contribution in [1.82, 2.24) is 15.1 Å². The number of benzene rings is 2. The molecular formula is C23H30N4O2. The minimum absolute atomic E-state index is 0.0526. The predicted octanol–water partition coefficient (Wildman–Crippen LogP) is 3.39. The van der Waals surface area contributed by atoms with E-state index in [1.165, 1.54) is 0 Å². The predicted molar refractivity (Wildman–Crippen MR) is 116 cm³/mol. The van der Waals surface area contributed by atoms with Crippen molar-refractivity contribution in [1.29, 1.82) is 0 Å². The fourth-order valence-electron chi connectivity index (χ4n) is 3.59. The summed E-state index contributed by atoms with van der Waals surface area (Å²) >= 11 is 0. The lowest BCUT2D eigenvalue weighted by Gasteiger charge is -2.33. The summed E-state index contributed by atoms with van der Waals surface area (Å²) in [4.78, 5) is 29.0. The van der Waals surface area contributed by atoms with Gasteiger partial charge in [0.1, 0.15) is 0 Å². The van der Waals surface area contributed by atoms with E-state index in [1.54, 1.807) is 0 Å². The van der Waals surface area contributed by atoms with E-state index in [0.29, 0.717) is 18.7 Å². The summed E-state index contributed by atoms with van der Waals surface area (Å²) in [5.41, 5.74) is 2.59. The third-order valence-corrected chi connectivity index (χ3v) is 5.20. The van der Waals surface area contributed by atoms with Crippen molar-refractivity contribution in [3.05, 3.63) is 65.7 Å². The molecule has 1 atom stereocenters. The van der Waals surface area contributed by atoms with Crippen LogP contribution in [-0.4, -0.2) is 62.0 Å². The summed E-state index contributed by atoms with van der Waals surface area (Å²) in [6.07, 6.45) is 1.97. The number of likely N-dealkylation sites (tertiary alicyclic amines) is 1. The Kier molecular flexibility index (Phi) is 7.25. The number of anilines is 1. The number of rotatable bonds is 6. The molecule has 2 aromatic rings. The Balaban J connectivity index is 1.61. The standard InChI is InChI=1S/C23H30N4O2/c1-26(2)15-13-24-22(28)19-9-6-8-18(16-19)20-10-7-14-27(17-20)23(29)25-21-11-4-3-5-12-21/h3-6,8-9,11-12,16,20H,7,10,13-15,17H2,1-2H3,(H,24,28)(H,25,29)/t20-/m0/s1. The number of amides is 3. The molecule has 0 aliphatic carbocycles. The summed E-state index contributed by atoms with van der Waals surface area (Å²) in [6, 6.07) is 17.2. The molecule has 154 valence electrons. The van der Waals surface area contributed by atoms with E-state index < -0.39 is 0 Å². The SMILES string of the molecule is CN(C)CCNC(=O)c1cccc([C@H]2CCCN(C(=O)Nc3ccccc3)C2)c1. The van der Waals surface area contributed by atoms with Gasteiger partial charge in [0.15, 0.2) is 0 Å². The van der Waals surface area contributed by atoms with Crippen LogP contribution in [-0.2, 0) is 0 Å². The first-order valence-corrected chi connectivity index (χ1v) is 10.2. The highest BCUT2D eigenvalue weighted by Gasteiger charge is 2.25. The minimum atomic E-state index is -0.0708. The molecule has 0 bridgehead atoms. The Morgan fingerprint density at radius 1 is 1.10 bits per heavy atom. The molecule has 2 aromatic carbocycles. The van der Waals surface area contributed by atoms with Crippen LogP contribution in [0.4, 0.5) is 10.5 Å². The maximum Gasteiger partial charge on any atom is 0.321 e. The van der Waals surface area contributed by atoms with Crippen molar-refractivity contribution in [2.45, 2.75) is 18.8 Å². The average Bonchev–Trinajstić information content (AvgIpc) is 2.74. The number of hydrogen-bond donors (Lipinski definition) is 2. The van der Waals surface area contributed by atoms with Gasteiger partial charge < -0.3 is 20.4 Å². The molecule has 1 aliphatic rings. The van der Waals surface area contributed by atoms with Crippen molar-refractivity contribution < 1.29 is 9.59 Å². The highest BCUT2D eigenvalue weighted by Crippen LogP contribution is 2.28. The van der Waals surface area contributed by atoms with Crippen molar-refractivity contribution in [3.8, 4) is 0 Å². The van der Waals surface area contributed by atoms with E-state index in [4.69, 9.17) is 0 Å². The third kappa shape index (κ3) is 6.06. The molecule has 0 aromatic heterocycles. The Hall–Kier alpha value is -2.86. The fourth-order valence-corrected chi connectivity index (χ4v) is 3.59. The van der Waals surface area contributed by atoms with Gasteiger partial charge in [-0.05, 0) is 56.8 Å². The Bertz CT molecular complexity index is 823. The maximum atomic E-state index is 12.6. The maximum absolute atomic E-state index is 12.6. The van der Waals surface area contributed by atoms with E-state index in [9.17, 15) is 9.59 Å². The third-order valence-electron chi connectivity index (χ3n) is 5.20. The molecular weight excluding hydrogens is 364 g/mol. The van der Waals surface area contributed by atoms with Gasteiger partial charge in [0.05, 0.1) is 0 Å². The van der Waals surface area contributed by atoms with Crippen molar-refractivity contribution in [2.24, 2.45) is 0 Å². The van der Waals surface area contributed by atoms with Crippen LogP contribution in [0.15, 0.2) is 54.6 Å². The summed E-state index contributed by atoms with van der Waals surface area (Å²) in [5.74, 6) is 0.183. The number of urea groups is 1. The van der Waals surface area contributed by atoms with E-state index in [0.717, 1.165) is 37.2 Å². The monoisotopic (exact) mass is 394 g/mol. The second kappa shape index (κ2) is 10.1. The van der Waals surface area contributed by atoms with Crippen molar-refractivity contribution in [2.75, 3.05) is 45.6 Å². The van der Waals surface area contributed by atoms with Crippen LogP contribution in [0.25, 0.3) is 0 Å². The van der Waals surface area contributed by atoms with Gasteiger partial charge in [0.25, 0.3) is 5.91 Å². The lowest BCUT2D eigenvalue weighted by Crippen LogP contribution is -2.41. The first kappa shape index (κ1) is 20.9. The molecule has 3 rings (SSSR count). The minimum Gasteiger partial charge on any atom is -0.351 e. The molecule has 0 saturated carbocycles. The van der Waals surface area contributed by atoms with E-state index in [1.807, 2.05) is 72.4 Å². The van der Waals surface area contributed by atoms with Gasteiger partial charge in [-0.15, -0.1) is 0 Å². The van der Waals surface area contributed by atoms with E-state index in [-0.39, 0.29) is 17.9 Å². The summed E-state index contributed by atoms with van der Waals surface area (Å²) in [5, 5.41) is 5.92. The Morgan fingerprint density at radius 2 is 1.90 bits per heavy atom. The van der Waals surface area contributed by atoms with Gasteiger partial charge in [-0.3, -0.25) is 4.79 Å². The van der Waals surface area contributed by atoms with Crippen LogP contribution < -0.4 is 10.6 Å². The van der Waals surface area contributed by atoms with Gasteiger partial charge in [-0.2, -0.15) is 0 Å². The first-order chi connectivity index (χ1) is 14.0. The van der Waals surface area contributed by atoms with Crippen LogP contribution in [0.5, 0.6) is 0 Å². The number of piperidine rings is 1. The van der Waals surface area contributed by atoms with Crippen LogP contribution in [0, 0.1) is 0 Å². The molecule has 0 unspecified atom stereocenters. The number of para-hydroxylation sites is 1. The number of hydrogen-bond acceptors (Lipinski definition) is 3. The van der Waals surface area contributed by atoms with Crippen molar-refractivity contribution >= 4 is 17.6 Å². The van der Waals surface area contributed by atoms with Gasteiger partial charge >= 0.3 is 6.03 Å². The molecule has 0 spiro atoms. The van der Waals surface area contributed by atoms with Gasteiger partial charge in [0.2, 0.25) is 0 Å². The van der Waals surface area contributed by atoms with Gasteiger partial charge in [0, 0.05) is 43.3 Å². The van der Waals surface area contributed by atoms with Gasteiger partial charge in [-0.25, -0.2) is 4.79 Å². The molecule has 1 saturated heterocycles. The van der Waals surface area contributed by atoms with E-state index >= 15 is 0 Å². The molecule has 1 fully saturated rings. The highest BCUT2D eigenvalue weighted by molar-refractivity contribution is 5.94. The molecule has 3 amide bonds. The van der Waals surface area contributed by atoms with Crippen LogP contribution >= 0.6 is 0 Å². The number of carbonyl (C=O) groups is 2. The molecule has 1 aliphatic heterocycles. The summed E-state index contributed by atoms with van der Waals surface area (Å²) in [7, 11) is 3.96. The highest BCUT2D eigenvalue weighted by atomic mass is 16.2. The fraction of sp³-hybridized carbons (Fsp3) is 0.391. The smallest absolute Gasteiger partial charge is 0.321 e. The average molecular weight is 395 g/mol. The zero-order chi connectivity index (χ0) is 20.6. The number of likely N-dealkylation sites (N-methyl/N-ethyl adjacent to an activating group) is 1. The molecule has 6 heteroatoms. The Labute approximate surface area is 172 Å². The van der Waals surface area contributed by atoms with Crippen LogP contribution in [0.1, 0.15) is 34.7 Å². The number of nitrogens with zero attached hydrogens (tertiary/aromatic N) is 2. The zero-order valence-corrected chi connectivity index (χ0v) is 17.2. The van der Waals surface area contributed by atoms with Crippen LogP contribution in [0.3, 0.4) is 0 Å². The second-order valence-electron chi connectivity index (χ2n) is 7.77. The molecule has 29 heavy (non-hydrogen) atoms. The molecule has 0 radical (unpaired) electrons. The van der Waals surface area contributed by atoms with Gasteiger partial charge in [-0.1, -0.05) is 30.3 Å². The normalized spacial score (nSPS) is 16.5. The lowest BCUT2D eigenvalue weighted by atomic mass is 9.89. The molecule has 1 heterocycles. The summed E-state index contributed by atoms with van der Waals surface area (Å²) < 4.78 is 0. The zero-order valence-electron chi connectivity index (χ0n) is 17.2. The molecule has 2 N–H and O–H groups in total. The lowest BCUT2D eigenvalue weighted by molar-refractivity contribution is 0.0950. The van der Waals surface area contributed by atoms with Crippen molar-refractivity contribution in [3.63, 3.8) is 0 Å². The topological polar surface area (TPSA) is 64.7 Å². The molecule has 6 nitrogen and oxygen atoms in total. The number of nitrogens with one attached hydrogen (secondary N) is 2. The second-order valence-corrected chi connectivity index (χ2v) is 7.77. The Morgan fingerprint density at radius 3 is 2.66 bits per heavy atom.